The van der Waals surface area contributed by atoms with Crippen molar-refractivity contribution >= 4 is 11.5 Å². The van der Waals surface area contributed by atoms with Gasteiger partial charge in [-0.3, -0.25) is 4.79 Å². The second-order valence-electron chi connectivity index (χ2n) is 3.73. The molecule has 2 aromatic rings. The fourth-order valence-electron chi connectivity index (χ4n) is 1.47. The van der Waals surface area contributed by atoms with Crippen molar-refractivity contribution in [1.82, 2.24) is 0 Å². The first-order valence-corrected chi connectivity index (χ1v) is 5.18. The summed E-state index contributed by atoms with van der Waals surface area (Å²) in [4.78, 5) is 11.8. The molecule has 3 nitrogen and oxygen atoms in total. The molecule has 0 spiro atoms. The summed E-state index contributed by atoms with van der Waals surface area (Å²) >= 11 is 0. The topological polar surface area (TPSA) is 47.0 Å². The van der Waals surface area contributed by atoms with Crippen molar-refractivity contribution in [2.75, 3.05) is 5.73 Å². The maximum atomic E-state index is 12.7. The zero-order chi connectivity index (χ0) is 12.3. The number of nitrogen functional groups attached to an aromatic ring is 1. The first-order chi connectivity index (χ1) is 8.15. The lowest BCUT2D eigenvalue weighted by molar-refractivity contribution is -0.683. The summed E-state index contributed by atoms with van der Waals surface area (Å²) in [5.41, 5.74) is 6.69. The maximum Gasteiger partial charge on any atom is 0.227 e. The van der Waals surface area contributed by atoms with E-state index in [1.165, 1.54) is 24.3 Å². The molecule has 0 aliphatic rings. The van der Waals surface area contributed by atoms with E-state index in [1.54, 1.807) is 29.1 Å². The molecule has 0 saturated carbocycles. The molecule has 0 fully saturated rings. The lowest BCUT2D eigenvalue weighted by Crippen LogP contribution is -3.00. The van der Waals surface area contributed by atoms with Gasteiger partial charge in [0.1, 0.15) is 5.82 Å². The Hall–Kier alpha value is -1.75. The summed E-state index contributed by atoms with van der Waals surface area (Å²) in [6, 6.07) is 8.96. The smallest absolute Gasteiger partial charge is 0.227 e. The van der Waals surface area contributed by atoms with Gasteiger partial charge in [-0.1, -0.05) is 0 Å². The van der Waals surface area contributed by atoms with Crippen molar-refractivity contribution in [3.8, 4) is 0 Å². The van der Waals surface area contributed by atoms with Crippen LogP contribution < -0.4 is 27.3 Å². The Labute approximate surface area is 115 Å². The highest BCUT2D eigenvalue weighted by molar-refractivity contribution is 5.94. The van der Waals surface area contributed by atoms with Crippen molar-refractivity contribution in [3.05, 3.63) is 60.2 Å². The number of benzene rings is 1. The fourth-order valence-corrected chi connectivity index (χ4v) is 1.47. The highest BCUT2D eigenvalue weighted by Gasteiger charge is 2.11. The lowest BCUT2D eigenvalue weighted by atomic mass is 10.1. The molecule has 0 aliphatic carbocycles. The average Bonchev–Trinajstić information content (AvgIpc) is 2.33. The SMILES string of the molecule is Nc1cc[n+](CC(=O)c2ccc(F)cc2)cc1.[Br-]. The third-order valence-corrected chi connectivity index (χ3v) is 2.41. The number of carbonyl (C=O) groups is 1. The van der Waals surface area contributed by atoms with E-state index in [2.05, 4.69) is 0 Å². The van der Waals surface area contributed by atoms with Gasteiger partial charge >= 0.3 is 0 Å². The number of halogens is 2. The molecule has 0 bridgehead atoms. The van der Waals surface area contributed by atoms with E-state index in [4.69, 9.17) is 5.73 Å². The average molecular weight is 311 g/mol. The second-order valence-corrected chi connectivity index (χ2v) is 3.73. The summed E-state index contributed by atoms with van der Waals surface area (Å²) in [5.74, 6) is -0.415. The Kier molecular flexibility index (Phi) is 4.97. The van der Waals surface area contributed by atoms with Crippen LogP contribution in [0.3, 0.4) is 0 Å². The summed E-state index contributed by atoms with van der Waals surface area (Å²) in [5, 5.41) is 0. The van der Waals surface area contributed by atoms with Gasteiger partial charge < -0.3 is 22.7 Å². The van der Waals surface area contributed by atoms with Crippen LogP contribution in [0.25, 0.3) is 0 Å². The van der Waals surface area contributed by atoms with E-state index in [9.17, 15) is 9.18 Å². The molecule has 1 aromatic heterocycles. The van der Waals surface area contributed by atoms with Crippen molar-refractivity contribution in [3.63, 3.8) is 0 Å². The van der Waals surface area contributed by atoms with Gasteiger partial charge in [0.25, 0.3) is 0 Å². The largest absolute Gasteiger partial charge is 1.00 e. The van der Waals surface area contributed by atoms with E-state index in [-0.39, 0.29) is 35.1 Å². The molecule has 0 saturated heterocycles. The van der Waals surface area contributed by atoms with Crippen molar-refractivity contribution in [2.24, 2.45) is 0 Å². The van der Waals surface area contributed by atoms with Gasteiger partial charge in [0.2, 0.25) is 12.3 Å². The van der Waals surface area contributed by atoms with Crippen LogP contribution in [0.1, 0.15) is 10.4 Å². The number of Topliss-reactive ketones (excluding diaryl/α,β-unsaturated/α-hetero) is 1. The van der Waals surface area contributed by atoms with Gasteiger partial charge in [-0.2, -0.15) is 4.57 Å². The number of nitrogens with two attached hydrogens (primary N) is 1. The number of nitrogens with zero attached hydrogens (tertiary/aromatic N) is 1. The molecular weight excluding hydrogens is 299 g/mol. The van der Waals surface area contributed by atoms with Gasteiger partial charge in [0.15, 0.2) is 12.4 Å². The third kappa shape index (κ3) is 3.63. The number of ketones is 1. The Morgan fingerprint density at radius 3 is 2.22 bits per heavy atom. The Balaban J connectivity index is 0.00000162. The lowest BCUT2D eigenvalue weighted by Gasteiger charge is -1.98. The van der Waals surface area contributed by atoms with Crippen LogP contribution in [0, 0.1) is 5.82 Å². The quantitative estimate of drug-likeness (QED) is 0.559. The number of aromatic nitrogens is 1. The van der Waals surface area contributed by atoms with Gasteiger partial charge in [0.05, 0.1) is 0 Å². The number of hydrogen-bond acceptors (Lipinski definition) is 2. The number of carbonyl (C=O) groups excluding carboxylic acids is 1. The molecule has 94 valence electrons. The zero-order valence-electron chi connectivity index (χ0n) is 9.51. The molecule has 2 rings (SSSR count). The van der Waals surface area contributed by atoms with Crippen LogP contribution in [0.5, 0.6) is 0 Å². The molecule has 0 atom stereocenters. The molecule has 2 N–H and O–H groups in total. The van der Waals surface area contributed by atoms with E-state index >= 15 is 0 Å². The number of hydrogen-bond donors (Lipinski definition) is 1. The Morgan fingerprint density at radius 2 is 1.67 bits per heavy atom. The van der Waals surface area contributed by atoms with Gasteiger partial charge in [-0.25, -0.2) is 4.39 Å². The minimum absolute atomic E-state index is 0. The summed E-state index contributed by atoms with van der Waals surface area (Å²) in [6.45, 7) is 0.214. The van der Waals surface area contributed by atoms with Crippen LogP contribution in [0.15, 0.2) is 48.8 Å². The van der Waals surface area contributed by atoms with E-state index in [0.29, 0.717) is 11.3 Å². The van der Waals surface area contributed by atoms with Crippen molar-refractivity contribution in [1.29, 1.82) is 0 Å². The molecule has 0 radical (unpaired) electrons. The standard InChI is InChI=1S/C13H11FN2O.BrH/c14-11-3-1-10(2-4-11)13(17)9-16-7-5-12(15)6-8-16;/h1-8,15H,9H2;1H. The minimum Gasteiger partial charge on any atom is -1.00 e. The fraction of sp³-hybridized carbons (Fsp3) is 0.0769. The maximum absolute atomic E-state index is 12.7. The van der Waals surface area contributed by atoms with Crippen molar-refractivity contribution in [2.45, 2.75) is 6.54 Å². The molecule has 5 heteroatoms. The number of rotatable bonds is 3. The molecule has 18 heavy (non-hydrogen) atoms. The highest BCUT2D eigenvalue weighted by atomic mass is 79.9. The van der Waals surface area contributed by atoms with E-state index < -0.39 is 0 Å². The molecule has 0 aliphatic heterocycles. The van der Waals surface area contributed by atoms with Crippen LogP contribution in [-0.2, 0) is 6.54 Å². The first-order valence-electron chi connectivity index (χ1n) is 5.18. The van der Waals surface area contributed by atoms with E-state index in [0.717, 1.165) is 0 Å². The summed E-state index contributed by atoms with van der Waals surface area (Å²) in [6.07, 6.45) is 3.47. The predicted octanol–water partition coefficient (Wildman–Crippen LogP) is -1.42. The van der Waals surface area contributed by atoms with Crippen LogP contribution in [0.4, 0.5) is 10.1 Å². The number of pyridine rings is 1. The van der Waals surface area contributed by atoms with Crippen LogP contribution >= 0.6 is 0 Å². The summed E-state index contributed by atoms with van der Waals surface area (Å²) in [7, 11) is 0. The monoisotopic (exact) mass is 310 g/mol. The minimum atomic E-state index is -0.346. The summed E-state index contributed by atoms with van der Waals surface area (Å²) < 4.78 is 14.4. The Bertz CT molecular complexity index is 526. The normalized spacial score (nSPS) is 9.61. The molecular formula is C13H12BrFN2O. The third-order valence-electron chi connectivity index (χ3n) is 2.41. The molecule has 0 unspecified atom stereocenters. The van der Waals surface area contributed by atoms with Gasteiger partial charge in [-0.15, -0.1) is 0 Å². The van der Waals surface area contributed by atoms with Crippen molar-refractivity contribution < 1.29 is 30.7 Å². The highest BCUT2D eigenvalue weighted by Crippen LogP contribution is 2.04. The van der Waals surface area contributed by atoms with Crippen LogP contribution in [0.2, 0.25) is 0 Å². The Morgan fingerprint density at radius 1 is 1.11 bits per heavy atom. The van der Waals surface area contributed by atoms with E-state index in [1.807, 2.05) is 0 Å². The molecule has 0 amide bonds. The molecule has 1 heterocycles. The second kappa shape index (κ2) is 6.26. The molecule has 1 aromatic carbocycles. The van der Waals surface area contributed by atoms with Gasteiger partial charge in [-0.05, 0) is 24.3 Å². The van der Waals surface area contributed by atoms with Gasteiger partial charge in [0, 0.05) is 23.4 Å². The predicted molar refractivity (Wildman–Crippen MR) is 61.8 cm³/mol. The first kappa shape index (κ1) is 14.3. The zero-order valence-corrected chi connectivity index (χ0v) is 11.1. The van der Waals surface area contributed by atoms with Crippen LogP contribution in [-0.4, -0.2) is 5.78 Å². The number of anilines is 1.